The third kappa shape index (κ3) is 4.48. The van der Waals surface area contributed by atoms with Crippen molar-refractivity contribution in [2.75, 3.05) is 19.7 Å². The van der Waals surface area contributed by atoms with E-state index in [0.29, 0.717) is 31.0 Å². The topological polar surface area (TPSA) is 64.3 Å². The first kappa shape index (κ1) is 19.4. The van der Waals surface area contributed by atoms with Crippen LogP contribution in [0, 0.1) is 12.7 Å². The Morgan fingerprint density at radius 2 is 2.00 bits per heavy atom. The number of nitrogens with two attached hydrogens (primary N) is 1. The predicted molar refractivity (Wildman–Crippen MR) is 105 cm³/mol. The summed E-state index contributed by atoms with van der Waals surface area (Å²) in [5.41, 5.74) is 7.79. The quantitative estimate of drug-likeness (QED) is 0.781. The van der Waals surface area contributed by atoms with Gasteiger partial charge in [-0.2, -0.15) is 0 Å². The molecule has 1 aliphatic carbocycles. The summed E-state index contributed by atoms with van der Waals surface area (Å²) in [6.45, 7) is 3.27. The summed E-state index contributed by atoms with van der Waals surface area (Å²) in [7, 11) is 0. The molecule has 0 unspecified atom stereocenters. The summed E-state index contributed by atoms with van der Waals surface area (Å²) < 4.78 is 19.3. The largest absolute Gasteiger partial charge is 0.492 e. The molecule has 0 heterocycles. The van der Waals surface area contributed by atoms with Gasteiger partial charge in [0.2, 0.25) is 0 Å². The summed E-state index contributed by atoms with van der Waals surface area (Å²) >= 11 is 0. The fourth-order valence-corrected chi connectivity index (χ4v) is 3.85. The minimum atomic E-state index is -0.231. The second-order valence-electron chi connectivity index (χ2n) is 7.30. The Morgan fingerprint density at radius 1 is 1.22 bits per heavy atom. The van der Waals surface area contributed by atoms with Crippen LogP contribution in [-0.2, 0) is 5.41 Å². The maximum Gasteiger partial charge on any atom is 0.251 e. The lowest BCUT2D eigenvalue weighted by Crippen LogP contribution is -2.39. The molecule has 0 aliphatic heterocycles. The summed E-state index contributed by atoms with van der Waals surface area (Å²) in [5, 5.41) is 3.06. The Labute approximate surface area is 159 Å². The van der Waals surface area contributed by atoms with Crippen LogP contribution in [0.2, 0.25) is 0 Å². The van der Waals surface area contributed by atoms with Crippen LogP contribution in [0.4, 0.5) is 4.39 Å². The van der Waals surface area contributed by atoms with Crippen LogP contribution in [0.1, 0.15) is 47.2 Å². The molecule has 0 spiro atoms. The third-order valence-corrected chi connectivity index (χ3v) is 5.41. The van der Waals surface area contributed by atoms with Crippen molar-refractivity contribution >= 4 is 5.91 Å². The van der Waals surface area contributed by atoms with E-state index < -0.39 is 0 Å². The normalized spacial score (nSPS) is 15.5. The van der Waals surface area contributed by atoms with E-state index in [4.69, 9.17) is 10.5 Å². The summed E-state index contributed by atoms with van der Waals surface area (Å²) in [4.78, 5) is 12.7. The van der Waals surface area contributed by atoms with E-state index >= 15 is 0 Å². The molecule has 3 N–H and O–H groups in total. The molecule has 5 heteroatoms. The molecule has 27 heavy (non-hydrogen) atoms. The zero-order chi connectivity index (χ0) is 19.3. The number of carbonyl (C=O) groups is 1. The van der Waals surface area contributed by atoms with Crippen LogP contribution in [-0.4, -0.2) is 25.6 Å². The highest BCUT2D eigenvalue weighted by Crippen LogP contribution is 2.40. The van der Waals surface area contributed by atoms with Crippen molar-refractivity contribution < 1.29 is 13.9 Å². The van der Waals surface area contributed by atoms with Gasteiger partial charge in [0.05, 0.1) is 0 Å². The number of carbonyl (C=O) groups excluding carboxylic acids is 1. The molecule has 1 saturated carbocycles. The lowest BCUT2D eigenvalue weighted by Gasteiger charge is -2.30. The zero-order valence-corrected chi connectivity index (χ0v) is 15.8. The van der Waals surface area contributed by atoms with Crippen molar-refractivity contribution in [3.63, 3.8) is 0 Å². The molecule has 2 aromatic rings. The van der Waals surface area contributed by atoms with E-state index in [1.807, 2.05) is 19.1 Å². The van der Waals surface area contributed by atoms with E-state index in [1.54, 1.807) is 24.3 Å². The first-order chi connectivity index (χ1) is 13.0. The lowest BCUT2D eigenvalue weighted by atomic mass is 9.78. The zero-order valence-electron chi connectivity index (χ0n) is 15.8. The van der Waals surface area contributed by atoms with Gasteiger partial charge < -0.3 is 15.8 Å². The van der Waals surface area contributed by atoms with E-state index in [-0.39, 0.29) is 17.1 Å². The van der Waals surface area contributed by atoms with Crippen molar-refractivity contribution in [3.8, 4) is 5.75 Å². The number of aryl methyl sites for hydroxylation is 1. The fourth-order valence-electron chi connectivity index (χ4n) is 3.85. The Kier molecular flexibility index (Phi) is 6.11. The highest BCUT2D eigenvalue weighted by atomic mass is 19.1. The van der Waals surface area contributed by atoms with E-state index in [2.05, 4.69) is 5.32 Å². The van der Waals surface area contributed by atoms with Crippen molar-refractivity contribution in [2.45, 2.75) is 38.0 Å². The Balaban J connectivity index is 1.73. The smallest absolute Gasteiger partial charge is 0.251 e. The maximum absolute atomic E-state index is 13.7. The van der Waals surface area contributed by atoms with Gasteiger partial charge in [0.15, 0.2) is 0 Å². The van der Waals surface area contributed by atoms with Crippen LogP contribution in [0.25, 0.3) is 0 Å². The standard InChI is InChI=1S/C22H27FN2O2/c1-16-7-8-17(13-20(16)27-12-11-24)21(26)25-15-22(9-2-3-10-22)18-5-4-6-19(23)14-18/h4-8,13-14H,2-3,9-12,15,24H2,1H3,(H,25,26). The second kappa shape index (κ2) is 8.53. The number of halogens is 1. The Bertz CT molecular complexity index is 801. The molecule has 0 aromatic heterocycles. The predicted octanol–water partition coefficient (Wildman–Crippen LogP) is 3.71. The monoisotopic (exact) mass is 370 g/mol. The number of amides is 1. The minimum absolute atomic E-state index is 0.143. The minimum Gasteiger partial charge on any atom is -0.492 e. The first-order valence-corrected chi connectivity index (χ1v) is 9.52. The van der Waals surface area contributed by atoms with E-state index in [9.17, 15) is 9.18 Å². The molecular weight excluding hydrogens is 343 g/mol. The fraction of sp³-hybridized carbons (Fsp3) is 0.409. The van der Waals surface area contributed by atoms with Crippen molar-refractivity contribution in [2.24, 2.45) is 5.73 Å². The van der Waals surface area contributed by atoms with Gasteiger partial charge in [0.25, 0.3) is 5.91 Å². The molecule has 1 aliphatic rings. The first-order valence-electron chi connectivity index (χ1n) is 9.52. The third-order valence-electron chi connectivity index (χ3n) is 5.41. The molecule has 2 aromatic carbocycles. The molecule has 3 rings (SSSR count). The highest BCUT2D eigenvalue weighted by Gasteiger charge is 2.36. The number of ether oxygens (including phenoxy) is 1. The van der Waals surface area contributed by atoms with Crippen LogP contribution < -0.4 is 15.8 Å². The number of benzene rings is 2. The van der Waals surface area contributed by atoms with Crippen molar-refractivity contribution in [3.05, 3.63) is 65.0 Å². The molecule has 0 saturated heterocycles. The van der Waals surface area contributed by atoms with Gasteiger partial charge in [-0.05, 0) is 55.2 Å². The molecule has 0 atom stereocenters. The number of rotatable bonds is 7. The lowest BCUT2D eigenvalue weighted by molar-refractivity contribution is 0.0942. The van der Waals surface area contributed by atoms with Crippen LogP contribution in [0.15, 0.2) is 42.5 Å². The van der Waals surface area contributed by atoms with Crippen LogP contribution in [0.5, 0.6) is 5.75 Å². The molecule has 4 nitrogen and oxygen atoms in total. The molecule has 144 valence electrons. The van der Waals surface area contributed by atoms with Gasteiger partial charge in [-0.3, -0.25) is 4.79 Å². The average Bonchev–Trinajstić information content (AvgIpc) is 3.16. The van der Waals surface area contributed by atoms with Gasteiger partial charge >= 0.3 is 0 Å². The molecular formula is C22H27FN2O2. The Hall–Kier alpha value is -2.40. The summed E-state index contributed by atoms with van der Waals surface area (Å²) in [5.74, 6) is 0.300. The van der Waals surface area contributed by atoms with Crippen molar-refractivity contribution in [1.29, 1.82) is 0 Å². The number of hydrogen-bond donors (Lipinski definition) is 2. The maximum atomic E-state index is 13.7. The average molecular weight is 370 g/mol. The molecule has 1 fully saturated rings. The molecule has 0 radical (unpaired) electrons. The Morgan fingerprint density at radius 3 is 2.70 bits per heavy atom. The number of hydrogen-bond acceptors (Lipinski definition) is 3. The SMILES string of the molecule is Cc1ccc(C(=O)NCC2(c3cccc(F)c3)CCCC2)cc1OCCN. The van der Waals surface area contributed by atoms with Gasteiger partial charge in [-0.15, -0.1) is 0 Å². The van der Waals surface area contributed by atoms with Gasteiger partial charge in [-0.25, -0.2) is 4.39 Å². The van der Waals surface area contributed by atoms with E-state index in [1.165, 1.54) is 6.07 Å². The summed E-state index contributed by atoms with van der Waals surface area (Å²) in [6, 6.07) is 12.2. The molecule has 1 amide bonds. The summed E-state index contributed by atoms with van der Waals surface area (Å²) in [6.07, 6.45) is 4.09. The molecule has 0 bridgehead atoms. The van der Waals surface area contributed by atoms with E-state index in [0.717, 1.165) is 36.8 Å². The van der Waals surface area contributed by atoms with Crippen LogP contribution >= 0.6 is 0 Å². The van der Waals surface area contributed by atoms with Gasteiger partial charge in [0.1, 0.15) is 18.2 Å². The van der Waals surface area contributed by atoms with Gasteiger partial charge in [0, 0.05) is 24.1 Å². The van der Waals surface area contributed by atoms with Crippen LogP contribution in [0.3, 0.4) is 0 Å². The highest BCUT2D eigenvalue weighted by molar-refractivity contribution is 5.94. The van der Waals surface area contributed by atoms with Crippen molar-refractivity contribution in [1.82, 2.24) is 5.32 Å². The second-order valence-corrected chi connectivity index (χ2v) is 7.30. The van der Waals surface area contributed by atoms with Gasteiger partial charge in [-0.1, -0.05) is 31.0 Å². The number of nitrogens with one attached hydrogen (secondary N) is 1.